The maximum absolute atomic E-state index is 6.87. The lowest BCUT2D eigenvalue weighted by Crippen LogP contribution is -2.40. The van der Waals surface area contributed by atoms with Crippen LogP contribution in [0.5, 0.6) is 0 Å². The van der Waals surface area contributed by atoms with Crippen LogP contribution < -0.4 is 0 Å². The summed E-state index contributed by atoms with van der Waals surface area (Å²) in [4.78, 5) is 0. The van der Waals surface area contributed by atoms with Gasteiger partial charge in [-0.3, -0.25) is 0 Å². The molecule has 0 aromatic rings. The molecule has 136 valence electrons. The molecule has 1 nitrogen and oxygen atoms in total. The van der Waals surface area contributed by atoms with Gasteiger partial charge in [0.05, 0.1) is 6.10 Å². The van der Waals surface area contributed by atoms with Crippen molar-refractivity contribution < 1.29 is 4.43 Å². The molecule has 0 amide bonds. The fraction of sp³-hybridized carbons (Fsp3) is 0.905. The van der Waals surface area contributed by atoms with Crippen LogP contribution in [0.4, 0.5) is 0 Å². The van der Waals surface area contributed by atoms with Crippen LogP contribution in [0.3, 0.4) is 0 Å². The molecule has 1 atom stereocenters. The highest BCUT2D eigenvalue weighted by Gasteiger charge is 2.32. The van der Waals surface area contributed by atoms with Crippen LogP contribution in [0.1, 0.15) is 98.3 Å². The summed E-state index contributed by atoms with van der Waals surface area (Å²) in [5.41, 5.74) is 1.52. The first-order chi connectivity index (χ1) is 11.2. The monoisotopic (exact) mass is 338 g/mol. The molecule has 0 unspecified atom stereocenters. The molecule has 0 saturated carbocycles. The zero-order chi connectivity index (χ0) is 17.0. The Morgan fingerprint density at radius 3 is 1.83 bits per heavy atom. The van der Waals surface area contributed by atoms with E-state index in [1.54, 1.807) is 0 Å². The van der Waals surface area contributed by atoms with Crippen molar-refractivity contribution in [2.75, 3.05) is 0 Å². The molecule has 1 aliphatic rings. The van der Waals surface area contributed by atoms with Crippen LogP contribution in [-0.2, 0) is 4.43 Å². The third kappa shape index (κ3) is 8.02. The maximum atomic E-state index is 6.87. The van der Waals surface area contributed by atoms with Gasteiger partial charge in [0.2, 0.25) is 0 Å². The Hall–Kier alpha value is -0.0831. The zero-order valence-corrected chi connectivity index (χ0v) is 17.5. The minimum atomic E-state index is -1.50. The second-order valence-corrected chi connectivity index (χ2v) is 12.3. The largest absolute Gasteiger partial charge is 0.410 e. The van der Waals surface area contributed by atoms with E-state index < -0.39 is 8.32 Å². The summed E-state index contributed by atoms with van der Waals surface area (Å²) < 4.78 is 6.87. The van der Waals surface area contributed by atoms with Gasteiger partial charge in [-0.15, -0.1) is 0 Å². The Morgan fingerprint density at radius 2 is 1.30 bits per heavy atom. The topological polar surface area (TPSA) is 9.23 Å². The first-order valence-electron chi connectivity index (χ1n) is 10.5. The minimum absolute atomic E-state index is 0.407. The van der Waals surface area contributed by atoms with E-state index in [-0.39, 0.29) is 0 Å². The average molecular weight is 339 g/mol. The highest BCUT2D eigenvalue weighted by molar-refractivity contribution is 6.73. The van der Waals surface area contributed by atoms with Gasteiger partial charge in [-0.25, -0.2) is 0 Å². The SMILES string of the molecule is CC[Si](CC)(CC)O[C@H]1CCCCCCCCCCC/C=C/1C. The molecule has 0 fully saturated rings. The third-order valence-electron chi connectivity index (χ3n) is 5.97. The third-order valence-corrected chi connectivity index (χ3v) is 10.6. The second kappa shape index (κ2) is 12.3. The van der Waals surface area contributed by atoms with Gasteiger partial charge in [0.25, 0.3) is 0 Å². The highest BCUT2D eigenvalue weighted by atomic mass is 28.4. The van der Waals surface area contributed by atoms with Crippen molar-refractivity contribution in [3.05, 3.63) is 11.6 Å². The smallest absolute Gasteiger partial charge is 0.192 e. The van der Waals surface area contributed by atoms with E-state index in [0.29, 0.717) is 6.10 Å². The molecule has 0 N–H and O–H groups in total. The Bertz CT molecular complexity index is 312. The van der Waals surface area contributed by atoms with Gasteiger partial charge in [-0.1, -0.05) is 78.2 Å². The summed E-state index contributed by atoms with van der Waals surface area (Å²) in [6.45, 7) is 9.38. The summed E-state index contributed by atoms with van der Waals surface area (Å²) in [5.74, 6) is 0. The van der Waals surface area contributed by atoms with Crippen LogP contribution in [-0.4, -0.2) is 14.4 Å². The van der Waals surface area contributed by atoms with Crippen molar-refractivity contribution in [3.8, 4) is 0 Å². The molecule has 0 radical (unpaired) electrons. The van der Waals surface area contributed by atoms with Gasteiger partial charge in [-0.2, -0.15) is 0 Å². The molecule has 0 aliphatic heterocycles. The highest BCUT2D eigenvalue weighted by Crippen LogP contribution is 2.28. The summed E-state index contributed by atoms with van der Waals surface area (Å²) in [7, 11) is -1.50. The van der Waals surface area contributed by atoms with Crippen LogP contribution in [0, 0.1) is 0 Å². The predicted octanol–water partition coefficient (Wildman–Crippen LogP) is 7.63. The molecular formula is C21H42OSi. The molecule has 0 heterocycles. The molecule has 23 heavy (non-hydrogen) atoms. The van der Waals surface area contributed by atoms with Gasteiger partial charge in [0, 0.05) is 0 Å². The van der Waals surface area contributed by atoms with Crippen LogP contribution >= 0.6 is 0 Å². The van der Waals surface area contributed by atoms with Crippen molar-refractivity contribution in [3.63, 3.8) is 0 Å². The van der Waals surface area contributed by atoms with E-state index in [0.717, 1.165) is 0 Å². The lowest BCUT2D eigenvalue weighted by molar-refractivity contribution is 0.205. The molecule has 0 saturated heterocycles. The number of hydrogen-bond donors (Lipinski definition) is 0. The van der Waals surface area contributed by atoms with Gasteiger partial charge < -0.3 is 4.43 Å². The Labute approximate surface area is 147 Å². The van der Waals surface area contributed by atoms with Gasteiger partial charge in [-0.05, 0) is 49.9 Å². The number of allylic oxidation sites excluding steroid dienone is 1. The molecule has 0 bridgehead atoms. The minimum Gasteiger partial charge on any atom is -0.410 e. The first kappa shape index (κ1) is 21.0. The van der Waals surface area contributed by atoms with Crippen molar-refractivity contribution in [1.29, 1.82) is 0 Å². The van der Waals surface area contributed by atoms with E-state index in [2.05, 4.69) is 33.8 Å². The van der Waals surface area contributed by atoms with Gasteiger partial charge >= 0.3 is 0 Å². The Morgan fingerprint density at radius 1 is 0.826 bits per heavy atom. The van der Waals surface area contributed by atoms with Crippen LogP contribution in [0.25, 0.3) is 0 Å². The first-order valence-corrected chi connectivity index (χ1v) is 13.0. The Kier molecular flexibility index (Phi) is 11.2. The lowest BCUT2D eigenvalue weighted by Gasteiger charge is -2.34. The molecule has 0 aromatic carbocycles. The molecular weight excluding hydrogens is 296 g/mol. The normalized spacial score (nSPS) is 25.4. The van der Waals surface area contributed by atoms with E-state index in [9.17, 15) is 0 Å². The number of rotatable bonds is 5. The van der Waals surface area contributed by atoms with E-state index >= 15 is 0 Å². The predicted molar refractivity (Wildman–Crippen MR) is 107 cm³/mol. The lowest BCUT2D eigenvalue weighted by atomic mass is 9.99. The maximum Gasteiger partial charge on any atom is 0.192 e. The van der Waals surface area contributed by atoms with Gasteiger partial charge in [0.15, 0.2) is 8.32 Å². The molecule has 1 rings (SSSR count). The zero-order valence-electron chi connectivity index (χ0n) is 16.5. The Balaban J connectivity index is 2.71. The standard InChI is InChI=1S/C21H42OSi/c1-5-23(6-2,7-3)22-21-19-17-15-13-11-9-8-10-12-14-16-18-20(21)4/h18,21H,5-17,19H2,1-4H3/b20-18+/t21-/m0/s1. The van der Waals surface area contributed by atoms with Crippen molar-refractivity contribution in [1.82, 2.24) is 0 Å². The van der Waals surface area contributed by atoms with E-state index in [1.165, 1.54) is 94.3 Å². The number of hydrogen-bond acceptors (Lipinski definition) is 1. The van der Waals surface area contributed by atoms with Crippen molar-refractivity contribution in [2.24, 2.45) is 0 Å². The summed E-state index contributed by atoms with van der Waals surface area (Å²) in [5, 5.41) is 0. The summed E-state index contributed by atoms with van der Waals surface area (Å²) >= 11 is 0. The second-order valence-electron chi connectivity index (χ2n) is 7.56. The molecule has 2 heteroatoms. The van der Waals surface area contributed by atoms with E-state index in [1.807, 2.05) is 0 Å². The summed E-state index contributed by atoms with van der Waals surface area (Å²) in [6.07, 6.45) is 18.1. The average Bonchev–Trinajstić information content (AvgIpc) is 2.58. The van der Waals surface area contributed by atoms with Crippen molar-refractivity contribution >= 4 is 8.32 Å². The fourth-order valence-corrected chi connectivity index (χ4v) is 6.76. The molecule has 0 spiro atoms. The van der Waals surface area contributed by atoms with Crippen LogP contribution in [0.2, 0.25) is 18.1 Å². The fourth-order valence-electron chi connectivity index (χ4n) is 3.85. The van der Waals surface area contributed by atoms with E-state index in [4.69, 9.17) is 4.43 Å². The van der Waals surface area contributed by atoms with Crippen molar-refractivity contribution in [2.45, 2.75) is 123 Å². The summed E-state index contributed by atoms with van der Waals surface area (Å²) in [6, 6.07) is 3.80. The molecule has 1 aliphatic carbocycles. The van der Waals surface area contributed by atoms with Crippen LogP contribution in [0.15, 0.2) is 11.6 Å². The van der Waals surface area contributed by atoms with Gasteiger partial charge in [0.1, 0.15) is 0 Å². The molecule has 0 aromatic heterocycles. The quantitative estimate of drug-likeness (QED) is 0.370.